The van der Waals surface area contributed by atoms with Crippen molar-refractivity contribution in [3.8, 4) is 0 Å². The van der Waals surface area contributed by atoms with Crippen LogP contribution in [0.2, 0.25) is 0 Å². The number of carbonyl (C=O) groups excluding carboxylic acids is 2. The van der Waals surface area contributed by atoms with Gasteiger partial charge >= 0.3 is 11.5 Å². The molecule has 0 aliphatic heterocycles. The number of hydrogen-bond donors (Lipinski definition) is 0. The van der Waals surface area contributed by atoms with Crippen molar-refractivity contribution >= 4 is 27.5 Å². The molecule has 8 nitrogen and oxygen atoms in total. The van der Waals surface area contributed by atoms with E-state index >= 15 is 0 Å². The zero-order valence-electron chi connectivity index (χ0n) is 17.4. The number of imide groups is 1. The van der Waals surface area contributed by atoms with Gasteiger partial charge < -0.3 is 9.47 Å². The van der Waals surface area contributed by atoms with Crippen molar-refractivity contribution in [2.45, 2.75) is 10.4 Å². The lowest BCUT2D eigenvalue weighted by Gasteiger charge is -2.29. The molecule has 2 aromatic carbocycles. The highest BCUT2D eigenvalue weighted by molar-refractivity contribution is 7.92. The Morgan fingerprint density at radius 3 is 1.94 bits per heavy atom. The van der Waals surface area contributed by atoms with Gasteiger partial charge in [-0.2, -0.15) is 13.2 Å². The summed E-state index contributed by atoms with van der Waals surface area (Å²) in [6.45, 7) is -1.66. The molecule has 0 spiro atoms. The number of hydrogen-bond acceptors (Lipinski definition) is 6. The van der Waals surface area contributed by atoms with Crippen LogP contribution in [0.4, 0.5) is 36.8 Å². The van der Waals surface area contributed by atoms with E-state index in [0.29, 0.717) is 17.0 Å². The molecule has 0 unspecified atom stereocenters. The summed E-state index contributed by atoms with van der Waals surface area (Å²) in [5.41, 5.74) is -7.64. The number of anilines is 1. The first-order valence-corrected chi connectivity index (χ1v) is 10.4. The second kappa shape index (κ2) is 10.4. The Morgan fingerprint density at radius 1 is 0.912 bits per heavy atom. The van der Waals surface area contributed by atoms with Crippen molar-refractivity contribution in [1.29, 1.82) is 0 Å². The molecule has 2 aromatic rings. The van der Waals surface area contributed by atoms with E-state index in [4.69, 9.17) is 9.47 Å². The second-order valence-electron chi connectivity index (χ2n) is 6.44. The molecule has 0 aliphatic carbocycles. The molecule has 34 heavy (non-hydrogen) atoms. The lowest BCUT2D eigenvalue weighted by Crippen LogP contribution is -2.48. The van der Waals surface area contributed by atoms with Gasteiger partial charge in [-0.15, -0.1) is 0 Å². The van der Waals surface area contributed by atoms with Crippen LogP contribution in [0.3, 0.4) is 0 Å². The van der Waals surface area contributed by atoms with Gasteiger partial charge in [0.15, 0.2) is 0 Å². The molecular formula is C19H16F6N2O6S. The number of sulfone groups is 1. The maximum atomic E-state index is 14.7. The SMILES string of the molecule is COCN(C(=O)c1c(F)cccc1F)C(=O)N(COC)c1ccc(S(=O)(=O)C(F)(F)F)cc1F. The number of urea groups is 1. The fourth-order valence-corrected chi connectivity index (χ4v) is 3.45. The zero-order chi connectivity index (χ0) is 25.8. The molecule has 0 N–H and O–H groups in total. The number of halogens is 6. The van der Waals surface area contributed by atoms with Crippen molar-refractivity contribution in [1.82, 2.24) is 4.90 Å². The lowest BCUT2D eigenvalue weighted by atomic mass is 10.1. The van der Waals surface area contributed by atoms with Gasteiger partial charge in [0.05, 0.1) is 10.6 Å². The standard InChI is InChI=1S/C19H16F6N2O6S/c1-32-9-26(15-7-6-11(8-14(15)22)34(30,31)19(23,24)25)18(29)27(10-33-2)17(28)16-12(20)4-3-5-13(16)21/h3-8H,9-10H2,1-2H3. The van der Waals surface area contributed by atoms with Gasteiger partial charge in [0.1, 0.15) is 36.5 Å². The Morgan fingerprint density at radius 2 is 1.47 bits per heavy atom. The minimum Gasteiger partial charge on any atom is -0.364 e. The molecule has 0 radical (unpaired) electrons. The summed E-state index contributed by atoms with van der Waals surface area (Å²) >= 11 is 0. The van der Waals surface area contributed by atoms with Crippen molar-refractivity contribution in [3.05, 3.63) is 59.4 Å². The maximum absolute atomic E-state index is 14.7. The average Bonchev–Trinajstić information content (AvgIpc) is 2.74. The molecule has 3 amide bonds. The highest BCUT2D eigenvalue weighted by Gasteiger charge is 2.47. The topological polar surface area (TPSA) is 93.2 Å². The number of nitrogens with zero attached hydrogens (tertiary/aromatic N) is 2. The van der Waals surface area contributed by atoms with Crippen molar-refractivity contribution in [2.75, 3.05) is 32.6 Å². The second-order valence-corrected chi connectivity index (χ2v) is 8.38. The Balaban J connectivity index is 2.54. The molecule has 0 heterocycles. The van der Waals surface area contributed by atoms with Gasteiger partial charge in [0.25, 0.3) is 15.7 Å². The molecule has 0 aliphatic rings. The first-order valence-electron chi connectivity index (χ1n) is 8.94. The van der Waals surface area contributed by atoms with Gasteiger partial charge in [-0.1, -0.05) is 6.07 Å². The Hall–Kier alpha value is -3.17. The van der Waals surface area contributed by atoms with E-state index in [2.05, 4.69) is 0 Å². The molecular weight excluding hydrogens is 498 g/mol. The lowest BCUT2D eigenvalue weighted by molar-refractivity contribution is -0.0436. The Labute approximate surface area is 189 Å². The fraction of sp³-hybridized carbons (Fsp3) is 0.263. The molecule has 0 fully saturated rings. The van der Waals surface area contributed by atoms with E-state index in [1.807, 2.05) is 0 Å². The molecule has 0 saturated carbocycles. The smallest absolute Gasteiger partial charge is 0.364 e. The quantitative estimate of drug-likeness (QED) is 0.414. The van der Waals surface area contributed by atoms with E-state index in [9.17, 15) is 44.3 Å². The van der Waals surface area contributed by atoms with Gasteiger partial charge in [-0.3, -0.25) is 9.69 Å². The summed E-state index contributed by atoms with van der Waals surface area (Å²) in [6, 6.07) is 1.96. The van der Waals surface area contributed by atoms with Crippen LogP contribution in [0.25, 0.3) is 0 Å². The number of ether oxygens (including phenoxy) is 2. The van der Waals surface area contributed by atoms with E-state index in [-0.39, 0.29) is 11.0 Å². The first kappa shape index (κ1) is 27.1. The molecule has 0 atom stereocenters. The summed E-state index contributed by atoms with van der Waals surface area (Å²) in [5, 5.41) is 0. The van der Waals surface area contributed by atoms with Crippen LogP contribution in [0.1, 0.15) is 10.4 Å². The highest BCUT2D eigenvalue weighted by atomic mass is 32.2. The van der Waals surface area contributed by atoms with E-state index in [1.54, 1.807) is 0 Å². The predicted molar refractivity (Wildman–Crippen MR) is 104 cm³/mol. The highest BCUT2D eigenvalue weighted by Crippen LogP contribution is 2.33. The fourth-order valence-electron chi connectivity index (χ4n) is 2.68. The number of carbonyl (C=O) groups is 2. The number of benzene rings is 2. The third kappa shape index (κ3) is 5.31. The third-order valence-electron chi connectivity index (χ3n) is 4.22. The van der Waals surface area contributed by atoms with Crippen molar-refractivity contribution < 1.29 is 53.8 Å². The molecule has 0 aromatic heterocycles. The molecule has 0 saturated heterocycles. The van der Waals surface area contributed by atoms with Crippen LogP contribution in [0, 0.1) is 17.5 Å². The maximum Gasteiger partial charge on any atom is 0.501 e. The minimum atomic E-state index is -5.90. The van der Waals surface area contributed by atoms with Gasteiger partial charge in [0.2, 0.25) is 0 Å². The van der Waals surface area contributed by atoms with Crippen LogP contribution in [0.15, 0.2) is 41.3 Å². The first-order chi connectivity index (χ1) is 15.8. The molecule has 15 heteroatoms. The predicted octanol–water partition coefficient (Wildman–Crippen LogP) is 3.67. The zero-order valence-corrected chi connectivity index (χ0v) is 18.2. The average molecular weight is 514 g/mol. The van der Waals surface area contributed by atoms with Crippen LogP contribution in [-0.4, -0.2) is 58.4 Å². The molecule has 186 valence electrons. The Kier molecular flexibility index (Phi) is 8.28. The van der Waals surface area contributed by atoms with Crippen LogP contribution < -0.4 is 4.90 Å². The number of amides is 3. The number of methoxy groups -OCH3 is 2. The van der Waals surface area contributed by atoms with Crippen LogP contribution in [0.5, 0.6) is 0 Å². The number of alkyl halides is 3. The van der Waals surface area contributed by atoms with E-state index in [1.165, 1.54) is 0 Å². The minimum absolute atomic E-state index is 0.0209. The largest absolute Gasteiger partial charge is 0.501 e. The van der Waals surface area contributed by atoms with Crippen LogP contribution >= 0.6 is 0 Å². The summed E-state index contributed by atoms with van der Waals surface area (Å²) in [4.78, 5) is 24.9. The molecule has 2 rings (SSSR count). The van der Waals surface area contributed by atoms with Gasteiger partial charge in [-0.25, -0.2) is 31.3 Å². The normalized spacial score (nSPS) is 11.9. The summed E-state index contributed by atoms with van der Waals surface area (Å²) in [7, 11) is -3.83. The van der Waals surface area contributed by atoms with Gasteiger partial charge in [-0.05, 0) is 30.3 Å². The van der Waals surface area contributed by atoms with Crippen LogP contribution in [-0.2, 0) is 19.3 Å². The molecule has 0 bridgehead atoms. The van der Waals surface area contributed by atoms with E-state index < -0.39 is 74.3 Å². The Bertz CT molecular complexity index is 1170. The third-order valence-corrected chi connectivity index (χ3v) is 5.71. The monoisotopic (exact) mass is 514 g/mol. The summed E-state index contributed by atoms with van der Waals surface area (Å²) < 4.78 is 114. The number of rotatable bonds is 7. The van der Waals surface area contributed by atoms with Crippen molar-refractivity contribution in [3.63, 3.8) is 0 Å². The van der Waals surface area contributed by atoms with Crippen molar-refractivity contribution in [2.24, 2.45) is 0 Å². The summed E-state index contributed by atoms with van der Waals surface area (Å²) in [6.07, 6.45) is 0. The van der Waals surface area contributed by atoms with E-state index in [0.717, 1.165) is 32.4 Å². The van der Waals surface area contributed by atoms with Gasteiger partial charge in [0, 0.05) is 14.2 Å². The summed E-state index contributed by atoms with van der Waals surface area (Å²) in [5.74, 6) is -5.74.